The Labute approximate surface area is 99.2 Å². The molecular weight excluding hydrogens is 253 g/mol. The number of ether oxygens (including phenoxy) is 1. The Morgan fingerprint density at radius 3 is 2.50 bits per heavy atom. The summed E-state index contributed by atoms with van der Waals surface area (Å²) in [4.78, 5) is 10.8. The van der Waals surface area contributed by atoms with Gasteiger partial charge in [-0.1, -0.05) is 0 Å². The molecule has 0 spiro atoms. The first-order valence-corrected chi connectivity index (χ1v) is 4.54. The fourth-order valence-electron chi connectivity index (χ4n) is 1.30. The van der Waals surface area contributed by atoms with Crippen LogP contribution in [-0.2, 0) is 6.54 Å². The third-order valence-electron chi connectivity index (χ3n) is 1.96. The summed E-state index contributed by atoms with van der Waals surface area (Å²) in [6.07, 6.45) is -5.04. The van der Waals surface area contributed by atoms with E-state index in [0.717, 1.165) is 12.1 Å². The summed E-state index contributed by atoms with van der Waals surface area (Å²) in [5, 5.41) is 17.4. The fraction of sp³-hybridized carbons (Fsp3) is 0.200. The highest BCUT2D eigenvalue weighted by Gasteiger charge is 2.34. The number of hydrogen-bond acceptors (Lipinski definition) is 4. The topological polar surface area (TPSA) is 96.3 Å². The number of hydrogen-bond donors (Lipinski definition) is 2. The van der Waals surface area contributed by atoms with Crippen LogP contribution in [0.1, 0.15) is 21.5 Å². The number of benzene rings is 1. The Balaban J connectivity index is 3.45. The molecule has 0 fully saturated rings. The molecule has 3 N–H and O–H groups in total. The standard InChI is InChI=1S/C10H7F3N2O3/c11-10(12,13)18-8-6(4-15)1-5(3-14)2-7(8)9(16)17/h1-2H,4,15H2,(H,16,17). The number of rotatable bonds is 3. The van der Waals surface area contributed by atoms with Crippen molar-refractivity contribution in [3.63, 3.8) is 0 Å². The van der Waals surface area contributed by atoms with Crippen molar-refractivity contribution in [3.8, 4) is 11.8 Å². The minimum absolute atomic E-state index is 0.109. The molecule has 0 aliphatic carbocycles. The molecule has 1 aromatic rings. The molecule has 96 valence electrons. The van der Waals surface area contributed by atoms with Crippen LogP contribution in [0.5, 0.6) is 5.75 Å². The second kappa shape index (κ2) is 4.93. The molecule has 0 aromatic heterocycles. The third-order valence-corrected chi connectivity index (χ3v) is 1.96. The normalized spacial score (nSPS) is 10.8. The Morgan fingerprint density at radius 1 is 1.50 bits per heavy atom. The van der Waals surface area contributed by atoms with Gasteiger partial charge in [-0.05, 0) is 12.1 Å². The Bertz CT molecular complexity index is 520. The summed E-state index contributed by atoms with van der Waals surface area (Å²) in [7, 11) is 0. The van der Waals surface area contributed by atoms with E-state index in [1.807, 2.05) is 0 Å². The van der Waals surface area contributed by atoms with Gasteiger partial charge < -0.3 is 15.6 Å². The highest BCUT2D eigenvalue weighted by Crippen LogP contribution is 2.31. The number of alkyl halides is 3. The lowest BCUT2D eigenvalue weighted by atomic mass is 10.0. The maximum atomic E-state index is 12.2. The number of nitrogens with two attached hydrogens (primary N) is 1. The molecule has 1 rings (SSSR count). The van der Waals surface area contributed by atoms with Gasteiger partial charge in [-0.15, -0.1) is 13.2 Å². The van der Waals surface area contributed by atoms with Crippen LogP contribution in [0.4, 0.5) is 13.2 Å². The monoisotopic (exact) mass is 260 g/mol. The third kappa shape index (κ3) is 3.11. The smallest absolute Gasteiger partial charge is 0.478 e. The van der Waals surface area contributed by atoms with Crippen molar-refractivity contribution >= 4 is 5.97 Å². The van der Waals surface area contributed by atoms with Crippen molar-refractivity contribution in [2.45, 2.75) is 12.9 Å². The van der Waals surface area contributed by atoms with E-state index < -0.39 is 23.6 Å². The highest BCUT2D eigenvalue weighted by atomic mass is 19.4. The predicted octanol–water partition coefficient (Wildman–Crippen LogP) is 1.61. The summed E-state index contributed by atoms with van der Waals surface area (Å²) < 4.78 is 40.1. The van der Waals surface area contributed by atoms with Crippen LogP contribution in [0.15, 0.2) is 12.1 Å². The number of carboxylic acids is 1. The predicted molar refractivity (Wildman–Crippen MR) is 52.7 cm³/mol. The van der Waals surface area contributed by atoms with E-state index in [0.29, 0.717) is 0 Å². The zero-order chi connectivity index (χ0) is 13.9. The van der Waals surface area contributed by atoms with Crippen molar-refractivity contribution in [1.82, 2.24) is 0 Å². The number of carboxylic acid groups (broad SMARTS) is 1. The van der Waals surface area contributed by atoms with Gasteiger partial charge in [0.25, 0.3) is 0 Å². The van der Waals surface area contributed by atoms with Crippen LogP contribution in [0, 0.1) is 11.3 Å². The molecule has 0 aliphatic heterocycles. The van der Waals surface area contributed by atoms with Gasteiger partial charge in [0.05, 0.1) is 11.6 Å². The Morgan fingerprint density at radius 2 is 2.11 bits per heavy atom. The average Bonchev–Trinajstić information content (AvgIpc) is 2.26. The zero-order valence-electron chi connectivity index (χ0n) is 8.78. The molecule has 8 heteroatoms. The van der Waals surface area contributed by atoms with E-state index >= 15 is 0 Å². The molecule has 0 unspecified atom stereocenters. The summed E-state index contributed by atoms with van der Waals surface area (Å²) in [5.41, 5.74) is 4.14. The molecule has 0 saturated carbocycles. The van der Waals surface area contributed by atoms with Crippen LogP contribution >= 0.6 is 0 Å². The van der Waals surface area contributed by atoms with Crippen LogP contribution in [0.3, 0.4) is 0 Å². The summed E-state index contributed by atoms with van der Waals surface area (Å²) in [6.45, 7) is -0.388. The largest absolute Gasteiger partial charge is 0.573 e. The molecule has 0 aliphatic rings. The van der Waals surface area contributed by atoms with E-state index in [-0.39, 0.29) is 17.7 Å². The summed E-state index contributed by atoms with van der Waals surface area (Å²) in [6, 6.07) is 3.47. The Kier molecular flexibility index (Phi) is 3.78. The quantitative estimate of drug-likeness (QED) is 0.860. The molecule has 0 saturated heterocycles. The molecule has 1 aromatic carbocycles. The van der Waals surface area contributed by atoms with E-state index in [1.165, 1.54) is 0 Å². The van der Waals surface area contributed by atoms with Gasteiger partial charge in [0.2, 0.25) is 0 Å². The van der Waals surface area contributed by atoms with Crippen molar-refractivity contribution < 1.29 is 27.8 Å². The lowest BCUT2D eigenvalue weighted by Gasteiger charge is -2.15. The summed E-state index contributed by atoms with van der Waals surface area (Å²) in [5.74, 6) is -2.53. The van der Waals surface area contributed by atoms with Gasteiger partial charge in [-0.3, -0.25) is 0 Å². The van der Waals surface area contributed by atoms with E-state index in [9.17, 15) is 18.0 Å². The Hall–Kier alpha value is -2.27. The first-order valence-electron chi connectivity index (χ1n) is 4.54. The van der Waals surface area contributed by atoms with E-state index in [1.54, 1.807) is 6.07 Å². The highest BCUT2D eigenvalue weighted by molar-refractivity contribution is 5.92. The first-order chi connectivity index (χ1) is 8.28. The number of nitriles is 1. The average molecular weight is 260 g/mol. The minimum Gasteiger partial charge on any atom is -0.478 e. The van der Waals surface area contributed by atoms with Crippen LogP contribution in [-0.4, -0.2) is 17.4 Å². The second-order valence-electron chi connectivity index (χ2n) is 3.18. The molecular formula is C10H7F3N2O3. The minimum atomic E-state index is -5.04. The number of carbonyl (C=O) groups is 1. The number of aromatic carboxylic acids is 1. The van der Waals surface area contributed by atoms with Crippen LogP contribution < -0.4 is 10.5 Å². The van der Waals surface area contributed by atoms with Gasteiger partial charge >= 0.3 is 12.3 Å². The van der Waals surface area contributed by atoms with Gasteiger partial charge in [0, 0.05) is 12.1 Å². The van der Waals surface area contributed by atoms with E-state index in [2.05, 4.69) is 4.74 Å². The molecule has 0 amide bonds. The van der Waals surface area contributed by atoms with Gasteiger partial charge in [-0.2, -0.15) is 5.26 Å². The molecule has 18 heavy (non-hydrogen) atoms. The molecule has 0 atom stereocenters. The van der Waals surface area contributed by atoms with Crippen molar-refractivity contribution in [3.05, 3.63) is 28.8 Å². The maximum absolute atomic E-state index is 12.2. The fourth-order valence-corrected chi connectivity index (χ4v) is 1.30. The van der Waals surface area contributed by atoms with Crippen LogP contribution in [0.2, 0.25) is 0 Å². The number of halogens is 3. The van der Waals surface area contributed by atoms with Crippen LogP contribution in [0.25, 0.3) is 0 Å². The van der Waals surface area contributed by atoms with Crippen molar-refractivity contribution in [2.75, 3.05) is 0 Å². The van der Waals surface area contributed by atoms with E-state index in [4.69, 9.17) is 16.1 Å². The maximum Gasteiger partial charge on any atom is 0.573 e. The molecule has 5 nitrogen and oxygen atoms in total. The lowest BCUT2D eigenvalue weighted by Crippen LogP contribution is -2.21. The summed E-state index contributed by atoms with van der Waals surface area (Å²) >= 11 is 0. The van der Waals surface area contributed by atoms with Crippen molar-refractivity contribution in [1.29, 1.82) is 5.26 Å². The lowest BCUT2D eigenvalue weighted by molar-refractivity contribution is -0.275. The van der Waals surface area contributed by atoms with Gasteiger partial charge in [0.15, 0.2) is 0 Å². The van der Waals surface area contributed by atoms with Gasteiger partial charge in [-0.25, -0.2) is 4.79 Å². The van der Waals surface area contributed by atoms with Gasteiger partial charge in [0.1, 0.15) is 11.3 Å². The molecule has 0 heterocycles. The SMILES string of the molecule is N#Cc1cc(CN)c(OC(F)(F)F)c(C(=O)O)c1. The molecule has 0 radical (unpaired) electrons. The number of nitrogens with zero attached hydrogens (tertiary/aromatic N) is 1. The zero-order valence-corrected chi connectivity index (χ0v) is 8.78. The second-order valence-corrected chi connectivity index (χ2v) is 3.18. The van der Waals surface area contributed by atoms with Crippen molar-refractivity contribution in [2.24, 2.45) is 5.73 Å². The first kappa shape index (κ1) is 13.8. The molecule has 0 bridgehead atoms.